The van der Waals surface area contributed by atoms with Crippen molar-refractivity contribution in [1.29, 1.82) is 0 Å². The number of carboxylic acids is 1. The summed E-state index contributed by atoms with van der Waals surface area (Å²) in [5.41, 5.74) is 9.28. The van der Waals surface area contributed by atoms with Crippen molar-refractivity contribution < 1.29 is 19.4 Å². The molecule has 5 heteroatoms. The maximum absolute atomic E-state index is 11.4. The summed E-state index contributed by atoms with van der Waals surface area (Å²) in [4.78, 5) is 13.8. The molecule has 0 saturated carbocycles. The van der Waals surface area contributed by atoms with Crippen molar-refractivity contribution in [2.45, 2.75) is 58.6 Å². The van der Waals surface area contributed by atoms with Crippen molar-refractivity contribution in [3.63, 3.8) is 0 Å². The fraction of sp³-hybridized carbons (Fsp3) is 0.406. The van der Waals surface area contributed by atoms with Gasteiger partial charge < -0.3 is 14.6 Å². The number of benzene rings is 3. The zero-order valence-electron chi connectivity index (χ0n) is 22.5. The molecule has 0 amide bonds. The van der Waals surface area contributed by atoms with Crippen LogP contribution in [0.15, 0.2) is 60.7 Å². The van der Waals surface area contributed by atoms with Crippen LogP contribution in [0, 0.1) is 6.92 Å². The third kappa shape index (κ3) is 6.60. The molecule has 2 unspecified atom stereocenters. The number of aliphatic carboxylic acids is 1. The van der Waals surface area contributed by atoms with Crippen LogP contribution in [-0.2, 0) is 35.2 Å². The highest BCUT2D eigenvalue weighted by Gasteiger charge is 2.27. The van der Waals surface area contributed by atoms with E-state index in [1.807, 2.05) is 24.3 Å². The van der Waals surface area contributed by atoms with Gasteiger partial charge in [-0.2, -0.15) is 0 Å². The Morgan fingerprint density at radius 3 is 2.41 bits per heavy atom. The van der Waals surface area contributed by atoms with E-state index in [1.54, 1.807) is 6.92 Å². The van der Waals surface area contributed by atoms with Crippen LogP contribution in [0.2, 0.25) is 0 Å². The Kier molecular flexibility index (Phi) is 9.01. The average Bonchev–Trinajstić information content (AvgIpc) is 3.05. The average molecular weight is 502 g/mol. The van der Waals surface area contributed by atoms with E-state index in [-0.39, 0.29) is 6.04 Å². The van der Waals surface area contributed by atoms with E-state index >= 15 is 0 Å². The molecule has 196 valence electrons. The van der Waals surface area contributed by atoms with E-state index in [0.717, 1.165) is 37.1 Å². The Morgan fingerprint density at radius 1 is 0.973 bits per heavy atom. The summed E-state index contributed by atoms with van der Waals surface area (Å²) in [7, 11) is 2.19. The normalized spacial score (nSPS) is 15.5. The molecule has 0 fully saturated rings. The highest BCUT2D eigenvalue weighted by Crippen LogP contribution is 2.37. The summed E-state index contributed by atoms with van der Waals surface area (Å²) in [5, 5.41) is 9.32. The van der Waals surface area contributed by atoms with E-state index in [9.17, 15) is 9.90 Å². The number of likely N-dealkylation sites (N-methyl/N-ethyl adjacent to an activating group) is 1. The third-order valence-electron chi connectivity index (χ3n) is 7.31. The zero-order valence-corrected chi connectivity index (χ0v) is 22.5. The quantitative estimate of drug-likeness (QED) is 0.360. The SMILES string of the molecule is CCOC(Cc1ccc(OCCN(C)C2c3ccc(C)cc3CCc3ccc(CC)cc32)cc1)C(=O)O. The van der Waals surface area contributed by atoms with Crippen LogP contribution in [0.25, 0.3) is 0 Å². The molecule has 3 aromatic carbocycles. The van der Waals surface area contributed by atoms with Crippen molar-refractivity contribution >= 4 is 5.97 Å². The molecule has 0 saturated heterocycles. The first-order valence-electron chi connectivity index (χ1n) is 13.4. The first kappa shape index (κ1) is 26.9. The molecule has 0 radical (unpaired) electrons. The van der Waals surface area contributed by atoms with Crippen LogP contribution in [0.5, 0.6) is 5.75 Å². The van der Waals surface area contributed by atoms with Crippen molar-refractivity contribution in [1.82, 2.24) is 4.90 Å². The topological polar surface area (TPSA) is 59.0 Å². The Labute approximate surface area is 221 Å². The fourth-order valence-corrected chi connectivity index (χ4v) is 5.27. The summed E-state index contributed by atoms with van der Waals surface area (Å²) in [6.07, 6.45) is 2.67. The zero-order chi connectivity index (χ0) is 26.4. The lowest BCUT2D eigenvalue weighted by molar-refractivity contribution is -0.149. The van der Waals surface area contributed by atoms with Gasteiger partial charge in [-0.05, 0) is 85.7 Å². The van der Waals surface area contributed by atoms with Gasteiger partial charge in [0.25, 0.3) is 0 Å². The number of carboxylic acid groups (broad SMARTS) is 1. The number of aryl methyl sites for hydroxylation is 4. The first-order valence-corrected chi connectivity index (χ1v) is 13.4. The summed E-state index contributed by atoms with van der Waals surface area (Å²) in [6, 6.07) is 21.7. The van der Waals surface area contributed by atoms with Crippen molar-refractivity contribution in [3.05, 3.63) is 99.6 Å². The van der Waals surface area contributed by atoms with Crippen LogP contribution < -0.4 is 4.74 Å². The molecule has 37 heavy (non-hydrogen) atoms. The standard InChI is InChI=1S/C32H39NO4/c1-5-23-8-11-25-12-13-26-19-22(3)7-16-28(26)31(29(25)20-23)33(4)17-18-37-27-14-9-24(10-15-27)21-30(32(34)35)36-6-2/h7-11,14-16,19-20,30-31H,5-6,12-13,17-18,21H2,1-4H3,(H,34,35). The molecule has 5 nitrogen and oxygen atoms in total. The number of carbonyl (C=O) groups is 1. The fourth-order valence-electron chi connectivity index (χ4n) is 5.27. The number of fused-ring (bicyclic) bond motifs is 2. The highest BCUT2D eigenvalue weighted by atomic mass is 16.5. The number of hydrogen-bond donors (Lipinski definition) is 1. The van der Waals surface area contributed by atoms with E-state index in [1.165, 1.54) is 33.4 Å². The maximum Gasteiger partial charge on any atom is 0.333 e. The number of hydrogen-bond acceptors (Lipinski definition) is 4. The second-order valence-corrected chi connectivity index (χ2v) is 9.95. The highest BCUT2D eigenvalue weighted by molar-refractivity contribution is 5.72. The molecule has 1 aliphatic rings. The van der Waals surface area contributed by atoms with Gasteiger partial charge in [0.1, 0.15) is 12.4 Å². The van der Waals surface area contributed by atoms with Gasteiger partial charge in [-0.15, -0.1) is 0 Å². The minimum Gasteiger partial charge on any atom is -0.492 e. The summed E-state index contributed by atoms with van der Waals surface area (Å²) in [6.45, 7) is 7.91. The van der Waals surface area contributed by atoms with Crippen LogP contribution in [0.3, 0.4) is 0 Å². The Morgan fingerprint density at radius 2 is 1.70 bits per heavy atom. The van der Waals surface area contributed by atoms with Crippen LogP contribution in [-0.4, -0.2) is 48.9 Å². The van der Waals surface area contributed by atoms with Crippen molar-refractivity contribution in [2.24, 2.45) is 0 Å². The number of ether oxygens (including phenoxy) is 2. The Hall–Kier alpha value is -3.15. The van der Waals surface area contributed by atoms with Crippen LogP contribution >= 0.6 is 0 Å². The molecule has 3 aromatic rings. The molecular weight excluding hydrogens is 462 g/mol. The van der Waals surface area contributed by atoms with Gasteiger partial charge in [-0.1, -0.05) is 61.0 Å². The van der Waals surface area contributed by atoms with Gasteiger partial charge in [0, 0.05) is 19.6 Å². The van der Waals surface area contributed by atoms with E-state index < -0.39 is 12.1 Å². The predicted octanol–water partition coefficient (Wildman–Crippen LogP) is 5.79. The van der Waals surface area contributed by atoms with Gasteiger partial charge >= 0.3 is 5.97 Å². The maximum atomic E-state index is 11.4. The number of rotatable bonds is 11. The van der Waals surface area contributed by atoms with Gasteiger partial charge in [0.2, 0.25) is 0 Å². The Balaban J connectivity index is 1.46. The molecule has 0 aromatic heterocycles. The minimum atomic E-state index is -0.937. The molecule has 4 rings (SSSR count). The van der Waals surface area contributed by atoms with Gasteiger partial charge in [0.05, 0.1) is 6.04 Å². The lowest BCUT2D eigenvalue weighted by Gasteiger charge is -2.31. The molecule has 1 aliphatic carbocycles. The van der Waals surface area contributed by atoms with Crippen LogP contribution in [0.4, 0.5) is 0 Å². The Bertz CT molecular complexity index is 1200. The molecule has 0 heterocycles. The third-order valence-corrected chi connectivity index (χ3v) is 7.31. The second-order valence-electron chi connectivity index (χ2n) is 9.95. The molecular formula is C32H39NO4. The largest absolute Gasteiger partial charge is 0.492 e. The van der Waals surface area contributed by atoms with Crippen molar-refractivity contribution in [2.75, 3.05) is 26.8 Å². The molecule has 0 bridgehead atoms. The van der Waals surface area contributed by atoms with Crippen LogP contribution in [0.1, 0.15) is 58.8 Å². The van der Waals surface area contributed by atoms with E-state index in [2.05, 4.69) is 62.2 Å². The van der Waals surface area contributed by atoms with Crippen molar-refractivity contribution in [3.8, 4) is 5.75 Å². The predicted molar refractivity (Wildman–Crippen MR) is 148 cm³/mol. The monoisotopic (exact) mass is 501 g/mol. The summed E-state index contributed by atoms with van der Waals surface area (Å²) >= 11 is 0. The lowest BCUT2D eigenvalue weighted by Crippen LogP contribution is -2.30. The smallest absolute Gasteiger partial charge is 0.333 e. The summed E-state index contributed by atoms with van der Waals surface area (Å²) in [5.74, 6) is -0.154. The molecule has 1 N–H and O–H groups in total. The summed E-state index contributed by atoms with van der Waals surface area (Å²) < 4.78 is 11.4. The van der Waals surface area contributed by atoms with Gasteiger partial charge in [-0.3, -0.25) is 4.90 Å². The molecule has 0 aliphatic heterocycles. The van der Waals surface area contributed by atoms with Gasteiger partial charge in [0.15, 0.2) is 6.10 Å². The van der Waals surface area contributed by atoms with E-state index in [4.69, 9.17) is 9.47 Å². The second kappa shape index (κ2) is 12.4. The van der Waals surface area contributed by atoms with Gasteiger partial charge in [-0.25, -0.2) is 4.79 Å². The molecule has 0 spiro atoms. The number of nitrogens with zero attached hydrogens (tertiary/aromatic N) is 1. The minimum absolute atomic E-state index is 0.192. The lowest BCUT2D eigenvalue weighted by atomic mass is 9.91. The first-order chi connectivity index (χ1) is 17.9. The van der Waals surface area contributed by atoms with E-state index in [0.29, 0.717) is 19.6 Å². The molecule has 2 atom stereocenters.